The van der Waals surface area contributed by atoms with Gasteiger partial charge in [0.05, 0.1) is 19.6 Å². The van der Waals surface area contributed by atoms with Crippen LogP contribution in [0.5, 0.6) is 0 Å². The Balaban J connectivity index is -0.000000142. The minimum Gasteiger partial charge on any atom is -0.394 e. The SMILES string of the molecule is CC(=O)CC(C)=O.OCCO.[AlH3]. The van der Waals surface area contributed by atoms with Crippen LogP contribution in [-0.2, 0) is 9.59 Å². The van der Waals surface area contributed by atoms with Crippen LogP contribution >= 0.6 is 0 Å². The summed E-state index contributed by atoms with van der Waals surface area (Å²) < 4.78 is 0. The van der Waals surface area contributed by atoms with Crippen molar-refractivity contribution in [2.45, 2.75) is 20.3 Å². The van der Waals surface area contributed by atoms with Gasteiger partial charge in [0.2, 0.25) is 0 Å². The second kappa shape index (κ2) is 13.4. The lowest BCUT2D eigenvalue weighted by atomic mass is 10.2. The van der Waals surface area contributed by atoms with Gasteiger partial charge in [-0.1, -0.05) is 0 Å². The molecule has 0 unspecified atom stereocenters. The monoisotopic (exact) mass is 192 g/mol. The minimum atomic E-state index is -0.125. The highest BCUT2D eigenvalue weighted by atomic mass is 27.0. The van der Waals surface area contributed by atoms with Gasteiger partial charge in [0.25, 0.3) is 0 Å². The lowest BCUT2D eigenvalue weighted by Gasteiger charge is -1.81. The molecule has 4 nitrogen and oxygen atoms in total. The van der Waals surface area contributed by atoms with E-state index in [0.29, 0.717) is 0 Å². The predicted molar refractivity (Wildman–Crippen MR) is 50.1 cm³/mol. The number of rotatable bonds is 3. The van der Waals surface area contributed by atoms with E-state index >= 15 is 0 Å². The van der Waals surface area contributed by atoms with E-state index in [-0.39, 0.29) is 48.6 Å². The fourth-order valence-electron chi connectivity index (χ4n) is 0.351. The van der Waals surface area contributed by atoms with Crippen molar-refractivity contribution >= 4 is 28.9 Å². The second-order valence-electron chi connectivity index (χ2n) is 2.03. The molecule has 5 heteroatoms. The van der Waals surface area contributed by atoms with Gasteiger partial charge in [-0.25, -0.2) is 0 Å². The molecule has 0 aromatic carbocycles. The number of aliphatic hydroxyl groups is 2. The van der Waals surface area contributed by atoms with Crippen molar-refractivity contribution in [1.29, 1.82) is 0 Å². The van der Waals surface area contributed by atoms with E-state index in [2.05, 4.69) is 0 Å². The molecule has 0 aromatic heterocycles. The normalized spacial score (nSPS) is 7.33. The van der Waals surface area contributed by atoms with Gasteiger partial charge >= 0.3 is 0 Å². The van der Waals surface area contributed by atoms with Crippen molar-refractivity contribution in [2.75, 3.05) is 13.2 Å². The van der Waals surface area contributed by atoms with Crippen LogP contribution in [0.25, 0.3) is 0 Å². The molecule has 0 rings (SSSR count). The predicted octanol–water partition coefficient (Wildman–Crippen LogP) is -1.66. The summed E-state index contributed by atoms with van der Waals surface area (Å²) in [4.78, 5) is 20.1. The third-order valence-corrected chi connectivity index (χ3v) is 0.598. The zero-order valence-electron chi connectivity index (χ0n) is 6.83. The van der Waals surface area contributed by atoms with Gasteiger partial charge in [-0.15, -0.1) is 0 Å². The zero-order valence-corrected chi connectivity index (χ0v) is 6.83. The highest BCUT2D eigenvalue weighted by Crippen LogP contribution is 1.80. The first-order valence-corrected chi connectivity index (χ1v) is 3.25. The topological polar surface area (TPSA) is 74.6 Å². The van der Waals surface area contributed by atoms with Crippen LogP contribution in [-0.4, -0.2) is 52.4 Å². The Kier molecular flexibility index (Phi) is 19.8. The number of ketones is 2. The number of hydrogen-bond acceptors (Lipinski definition) is 4. The van der Waals surface area contributed by atoms with Gasteiger partial charge in [0.1, 0.15) is 11.6 Å². The Labute approximate surface area is 82.7 Å². The molecule has 0 bridgehead atoms. The van der Waals surface area contributed by atoms with E-state index in [1.165, 1.54) is 13.8 Å². The molecule has 0 aliphatic rings. The number of carbonyl (C=O) groups excluding carboxylic acids is 2. The molecule has 2 N–H and O–H groups in total. The molecule has 0 fully saturated rings. The molecule has 0 saturated carbocycles. The van der Waals surface area contributed by atoms with Gasteiger partial charge in [-0.3, -0.25) is 9.59 Å². The van der Waals surface area contributed by atoms with Crippen molar-refractivity contribution in [3.8, 4) is 0 Å². The lowest BCUT2D eigenvalue weighted by Crippen LogP contribution is -1.97. The fraction of sp³-hybridized carbons (Fsp3) is 0.714. The fourth-order valence-corrected chi connectivity index (χ4v) is 0.351. The summed E-state index contributed by atoms with van der Waals surface area (Å²) in [5.41, 5.74) is 0. The molecule has 0 radical (unpaired) electrons. The highest BCUT2D eigenvalue weighted by Gasteiger charge is 1.94. The number of aliphatic hydroxyl groups excluding tert-OH is 2. The first-order chi connectivity index (χ1) is 5.04. The first-order valence-electron chi connectivity index (χ1n) is 3.25. The van der Waals surface area contributed by atoms with Gasteiger partial charge < -0.3 is 10.2 Å². The Hall–Kier alpha value is -0.208. The molecule has 0 spiro atoms. The molecule has 0 aliphatic carbocycles. The third-order valence-electron chi connectivity index (χ3n) is 0.598. The van der Waals surface area contributed by atoms with E-state index in [4.69, 9.17) is 10.2 Å². The van der Waals surface area contributed by atoms with Crippen molar-refractivity contribution in [3.05, 3.63) is 0 Å². The van der Waals surface area contributed by atoms with Crippen LogP contribution in [0.2, 0.25) is 0 Å². The number of hydrogen-bond donors (Lipinski definition) is 2. The molecular weight excluding hydrogens is 175 g/mol. The van der Waals surface area contributed by atoms with Crippen molar-refractivity contribution < 1.29 is 19.8 Å². The third kappa shape index (κ3) is 33.0. The van der Waals surface area contributed by atoms with E-state index in [9.17, 15) is 9.59 Å². The molecule has 12 heavy (non-hydrogen) atoms. The average molecular weight is 192 g/mol. The lowest BCUT2D eigenvalue weighted by molar-refractivity contribution is -0.124. The van der Waals surface area contributed by atoms with Crippen LogP contribution in [0.3, 0.4) is 0 Å². The quantitative estimate of drug-likeness (QED) is 0.414. The molecule has 0 atom stereocenters. The maximum atomic E-state index is 10.0. The maximum Gasteiger partial charge on any atom is 0.187 e. The summed E-state index contributed by atoms with van der Waals surface area (Å²) in [6, 6.07) is 0. The van der Waals surface area contributed by atoms with Crippen LogP contribution in [0.15, 0.2) is 0 Å². The van der Waals surface area contributed by atoms with E-state index in [1.54, 1.807) is 0 Å². The Bertz CT molecular complexity index is 111. The molecule has 72 valence electrons. The van der Waals surface area contributed by atoms with Gasteiger partial charge in [0.15, 0.2) is 17.4 Å². The molecule has 0 heterocycles. The Morgan fingerprint density at radius 3 is 1.25 bits per heavy atom. The number of Topliss-reactive ketones (excluding diaryl/α,β-unsaturated/α-hetero) is 2. The standard InChI is InChI=1S/C5H8O2.C2H6O2.Al.3H/c1-4(6)3-5(2)7;3-1-2-4;;;;/h3H2,1-2H3;3-4H,1-2H2;;;;. The van der Waals surface area contributed by atoms with E-state index in [1.807, 2.05) is 0 Å². The van der Waals surface area contributed by atoms with E-state index in [0.717, 1.165) is 0 Å². The Morgan fingerprint density at radius 2 is 1.25 bits per heavy atom. The molecule has 0 amide bonds. The second-order valence-corrected chi connectivity index (χ2v) is 2.03. The Morgan fingerprint density at radius 1 is 1.00 bits per heavy atom. The van der Waals surface area contributed by atoms with E-state index < -0.39 is 0 Å². The van der Waals surface area contributed by atoms with Gasteiger partial charge in [0, 0.05) is 0 Å². The maximum absolute atomic E-state index is 10.0. The summed E-state index contributed by atoms with van der Waals surface area (Å²) in [5.74, 6) is -0.125. The van der Waals surface area contributed by atoms with Gasteiger partial charge in [-0.2, -0.15) is 0 Å². The van der Waals surface area contributed by atoms with Gasteiger partial charge in [-0.05, 0) is 13.8 Å². The first kappa shape index (κ1) is 17.8. The average Bonchev–Trinajstić information content (AvgIpc) is 1.85. The molecular formula is C7H17AlO4. The minimum absolute atomic E-state index is 0. The van der Waals surface area contributed by atoms with Crippen molar-refractivity contribution in [3.63, 3.8) is 0 Å². The molecule has 0 aliphatic heterocycles. The summed E-state index contributed by atoms with van der Waals surface area (Å²) in [5, 5.41) is 15.2. The summed E-state index contributed by atoms with van der Waals surface area (Å²) in [6.07, 6.45) is 0.0833. The zero-order chi connectivity index (χ0) is 9.28. The number of carbonyl (C=O) groups is 2. The largest absolute Gasteiger partial charge is 0.394 e. The van der Waals surface area contributed by atoms with Crippen LogP contribution < -0.4 is 0 Å². The van der Waals surface area contributed by atoms with Crippen LogP contribution in [0.1, 0.15) is 20.3 Å². The van der Waals surface area contributed by atoms with Crippen molar-refractivity contribution in [2.24, 2.45) is 0 Å². The van der Waals surface area contributed by atoms with Crippen LogP contribution in [0, 0.1) is 0 Å². The summed E-state index contributed by atoms with van der Waals surface area (Å²) >= 11 is 0. The molecule has 0 aromatic rings. The van der Waals surface area contributed by atoms with Crippen molar-refractivity contribution in [1.82, 2.24) is 0 Å². The van der Waals surface area contributed by atoms with Crippen LogP contribution in [0.4, 0.5) is 0 Å². The molecule has 0 saturated heterocycles. The summed E-state index contributed by atoms with van der Waals surface area (Å²) in [6.45, 7) is 2.56. The smallest absolute Gasteiger partial charge is 0.187 e. The summed E-state index contributed by atoms with van der Waals surface area (Å²) in [7, 11) is 0. The highest BCUT2D eigenvalue weighted by molar-refractivity contribution is 5.96.